The maximum Gasteiger partial charge on any atom is 0.0992 e. The van der Waals surface area contributed by atoms with Gasteiger partial charge in [0.2, 0.25) is 0 Å². The first-order valence-electron chi connectivity index (χ1n) is 7.02. The van der Waals surface area contributed by atoms with E-state index in [9.17, 15) is 0 Å². The standard InChI is InChI=1S/C13H26B2/c1-12(14,15)11-5-9-13(10-6-11)7-3-2-4-8-13/h11H,2-10,14-15H2,1H3. The molecule has 0 N–H and O–H groups in total. The Morgan fingerprint density at radius 3 is 1.93 bits per heavy atom. The molecule has 84 valence electrons. The molecule has 0 bridgehead atoms. The summed E-state index contributed by atoms with van der Waals surface area (Å²) in [6.45, 7) is 2.43. The van der Waals surface area contributed by atoms with Crippen LogP contribution in [0.25, 0.3) is 0 Å². The Morgan fingerprint density at radius 2 is 1.47 bits per heavy atom. The quantitative estimate of drug-likeness (QED) is 0.575. The van der Waals surface area contributed by atoms with E-state index in [0.29, 0.717) is 5.21 Å². The van der Waals surface area contributed by atoms with Gasteiger partial charge >= 0.3 is 0 Å². The van der Waals surface area contributed by atoms with Crippen LogP contribution in [0.1, 0.15) is 64.7 Å². The summed E-state index contributed by atoms with van der Waals surface area (Å²) in [4.78, 5) is 0. The molecule has 0 amide bonds. The lowest BCUT2D eigenvalue weighted by Gasteiger charge is -2.46. The lowest BCUT2D eigenvalue weighted by molar-refractivity contribution is 0.0926. The van der Waals surface area contributed by atoms with Crippen LogP contribution >= 0.6 is 0 Å². The van der Waals surface area contributed by atoms with Crippen molar-refractivity contribution in [3.63, 3.8) is 0 Å². The molecule has 0 aromatic heterocycles. The van der Waals surface area contributed by atoms with E-state index in [1.807, 2.05) is 0 Å². The summed E-state index contributed by atoms with van der Waals surface area (Å²) in [5.41, 5.74) is 0.806. The molecule has 2 rings (SSSR count). The van der Waals surface area contributed by atoms with Crippen molar-refractivity contribution in [2.24, 2.45) is 11.3 Å². The van der Waals surface area contributed by atoms with Crippen LogP contribution in [0.2, 0.25) is 5.21 Å². The van der Waals surface area contributed by atoms with Crippen LogP contribution < -0.4 is 0 Å². The summed E-state index contributed by atoms with van der Waals surface area (Å²) < 4.78 is 0. The molecule has 2 heteroatoms. The highest BCUT2D eigenvalue weighted by atomic mass is 14.4. The second kappa shape index (κ2) is 4.18. The Morgan fingerprint density at radius 1 is 0.933 bits per heavy atom. The minimum absolute atomic E-state index is 0.552. The molecule has 2 aliphatic rings. The van der Waals surface area contributed by atoms with E-state index >= 15 is 0 Å². The average molecular weight is 204 g/mol. The molecule has 0 unspecified atom stereocenters. The fourth-order valence-electron chi connectivity index (χ4n) is 3.90. The van der Waals surface area contributed by atoms with Gasteiger partial charge in [-0.1, -0.05) is 50.2 Å². The SMILES string of the molecule is BC(B)(C)C1CCC2(CCCCC2)CC1. The van der Waals surface area contributed by atoms with Crippen molar-refractivity contribution < 1.29 is 0 Å². The summed E-state index contributed by atoms with van der Waals surface area (Å²) >= 11 is 0. The van der Waals surface area contributed by atoms with Crippen LogP contribution in [0.3, 0.4) is 0 Å². The molecule has 1 spiro atoms. The molecular formula is C13H26B2. The maximum absolute atomic E-state index is 2.43. The number of hydrogen-bond donors (Lipinski definition) is 0. The molecule has 0 heterocycles. The summed E-state index contributed by atoms with van der Waals surface area (Å²) in [6.07, 6.45) is 13.7. The van der Waals surface area contributed by atoms with E-state index in [0.717, 1.165) is 11.3 Å². The fraction of sp³-hybridized carbons (Fsp3) is 1.00. The number of hydrogen-bond acceptors (Lipinski definition) is 0. The van der Waals surface area contributed by atoms with E-state index in [1.165, 1.54) is 44.9 Å². The molecule has 15 heavy (non-hydrogen) atoms. The largest absolute Gasteiger partial charge is 0.0992 e. The Bertz CT molecular complexity index is 201. The Hall–Kier alpha value is 0.130. The first kappa shape index (κ1) is 11.6. The average Bonchev–Trinajstić information content (AvgIpc) is 2.18. The molecule has 0 aliphatic heterocycles. The van der Waals surface area contributed by atoms with Gasteiger partial charge in [0, 0.05) is 0 Å². The smallest absolute Gasteiger partial charge is 0.0845 e. The predicted molar refractivity (Wildman–Crippen MR) is 72.9 cm³/mol. The van der Waals surface area contributed by atoms with E-state index in [-0.39, 0.29) is 0 Å². The zero-order valence-corrected chi connectivity index (χ0v) is 10.9. The number of rotatable bonds is 1. The van der Waals surface area contributed by atoms with Crippen molar-refractivity contribution in [3.8, 4) is 0 Å². The second-order valence-corrected chi connectivity index (χ2v) is 7.20. The van der Waals surface area contributed by atoms with Crippen LogP contribution in [0.5, 0.6) is 0 Å². The van der Waals surface area contributed by atoms with Crippen molar-refractivity contribution in [2.45, 2.75) is 69.9 Å². The van der Waals surface area contributed by atoms with E-state index in [4.69, 9.17) is 0 Å². The van der Waals surface area contributed by atoms with Crippen LogP contribution in [0, 0.1) is 11.3 Å². The van der Waals surface area contributed by atoms with Gasteiger partial charge in [-0.05, 0) is 31.1 Å². The van der Waals surface area contributed by atoms with E-state index in [2.05, 4.69) is 22.6 Å². The normalized spacial score (nSPS) is 28.1. The van der Waals surface area contributed by atoms with Gasteiger partial charge in [0.15, 0.2) is 0 Å². The molecule has 2 fully saturated rings. The van der Waals surface area contributed by atoms with Crippen LogP contribution in [-0.2, 0) is 0 Å². The zero-order chi connectivity index (χ0) is 10.9. The molecule has 0 nitrogen and oxygen atoms in total. The molecule has 0 aromatic rings. The van der Waals surface area contributed by atoms with Crippen molar-refractivity contribution >= 4 is 15.7 Å². The topological polar surface area (TPSA) is 0 Å². The highest BCUT2D eigenvalue weighted by molar-refractivity contribution is 6.39. The molecule has 0 radical (unpaired) electrons. The lowest BCUT2D eigenvalue weighted by Crippen LogP contribution is -2.33. The third kappa shape index (κ3) is 2.63. The summed E-state index contributed by atoms with van der Waals surface area (Å²) in [5.74, 6) is 0.991. The third-order valence-corrected chi connectivity index (χ3v) is 5.19. The second-order valence-electron chi connectivity index (χ2n) is 7.20. The Kier molecular flexibility index (Phi) is 3.24. The van der Waals surface area contributed by atoms with E-state index in [1.54, 1.807) is 12.8 Å². The summed E-state index contributed by atoms with van der Waals surface area (Å²) in [5, 5.41) is 0.552. The maximum atomic E-state index is 2.43. The van der Waals surface area contributed by atoms with Crippen LogP contribution in [0.4, 0.5) is 0 Å². The van der Waals surface area contributed by atoms with Gasteiger partial charge in [0.05, 0.1) is 15.7 Å². The van der Waals surface area contributed by atoms with Crippen LogP contribution in [0.15, 0.2) is 0 Å². The first-order valence-corrected chi connectivity index (χ1v) is 7.02. The van der Waals surface area contributed by atoms with Gasteiger partial charge in [-0.3, -0.25) is 0 Å². The highest BCUT2D eigenvalue weighted by Gasteiger charge is 2.38. The monoisotopic (exact) mass is 204 g/mol. The zero-order valence-electron chi connectivity index (χ0n) is 10.9. The summed E-state index contributed by atoms with van der Waals surface area (Å²) in [6, 6.07) is 0. The Labute approximate surface area is 97.4 Å². The van der Waals surface area contributed by atoms with Gasteiger partial charge in [-0.25, -0.2) is 0 Å². The van der Waals surface area contributed by atoms with Gasteiger partial charge in [-0.15, -0.1) is 0 Å². The van der Waals surface area contributed by atoms with Crippen molar-refractivity contribution in [2.75, 3.05) is 0 Å². The molecule has 2 saturated carbocycles. The fourth-order valence-corrected chi connectivity index (χ4v) is 3.90. The van der Waals surface area contributed by atoms with Gasteiger partial charge < -0.3 is 0 Å². The van der Waals surface area contributed by atoms with Crippen molar-refractivity contribution in [1.29, 1.82) is 0 Å². The summed E-state index contributed by atoms with van der Waals surface area (Å²) in [7, 11) is 4.85. The van der Waals surface area contributed by atoms with Crippen LogP contribution in [-0.4, -0.2) is 15.7 Å². The predicted octanol–water partition coefficient (Wildman–Crippen LogP) is 2.53. The van der Waals surface area contributed by atoms with E-state index < -0.39 is 0 Å². The molecule has 2 aliphatic carbocycles. The third-order valence-electron chi connectivity index (χ3n) is 5.19. The molecular weight excluding hydrogens is 178 g/mol. The van der Waals surface area contributed by atoms with Crippen molar-refractivity contribution in [3.05, 3.63) is 0 Å². The minimum atomic E-state index is 0.552. The van der Waals surface area contributed by atoms with Crippen molar-refractivity contribution in [1.82, 2.24) is 0 Å². The molecule has 0 saturated heterocycles. The molecule has 0 aromatic carbocycles. The van der Waals surface area contributed by atoms with Gasteiger partial charge in [0.1, 0.15) is 0 Å². The first-order chi connectivity index (χ1) is 7.02. The Balaban J connectivity index is 1.91. The lowest BCUT2D eigenvalue weighted by atomic mass is 9.45. The minimum Gasteiger partial charge on any atom is -0.0845 e. The highest BCUT2D eigenvalue weighted by Crippen LogP contribution is 2.52. The molecule has 0 atom stereocenters. The van der Waals surface area contributed by atoms with Gasteiger partial charge in [-0.2, -0.15) is 0 Å². The van der Waals surface area contributed by atoms with Gasteiger partial charge in [0.25, 0.3) is 0 Å².